The average molecular weight is 350 g/mol. The minimum absolute atomic E-state index is 0.0264. The molecule has 2 N–H and O–H groups in total. The number of anilines is 2. The summed E-state index contributed by atoms with van der Waals surface area (Å²) in [6, 6.07) is 17.1. The molecule has 0 fully saturated rings. The van der Waals surface area contributed by atoms with E-state index in [1.54, 1.807) is 13.0 Å². The number of rotatable bonds is 5. The predicted molar refractivity (Wildman–Crippen MR) is 99.6 cm³/mol. The number of hydrogen-bond donors (Lipinski definition) is 2. The van der Waals surface area contributed by atoms with E-state index in [1.807, 2.05) is 37.3 Å². The van der Waals surface area contributed by atoms with Crippen molar-refractivity contribution in [3.05, 3.63) is 83.6 Å². The SMILES string of the molecule is Cc1nc(NC(C)c2ccccc2)cc(C(=O)Nc2ccc(F)cc2)n1. The van der Waals surface area contributed by atoms with Gasteiger partial charge >= 0.3 is 0 Å². The topological polar surface area (TPSA) is 66.9 Å². The minimum Gasteiger partial charge on any atom is -0.363 e. The number of nitrogens with one attached hydrogen (secondary N) is 2. The number of benzene rings is 2. The van der Waals surface area contributed by atoms with Crippen LogP contribution in [-0.2, 0) is 0 Å². The standard InChI is InChI=1S/C20H19FN4O/c1-13(15-6-4-3-5-7-15)22-19-12-18(23-14(2)24-19)20(26)25-17-10-8-16(21)9-11-17/h3-13H,1-2H3,(H,25,26)(H,22,23,24). The maximum Gasteiger partial charge on any atom is 0.274 e. The smallest absolute Gasteiger partial charge is 0.274 e. The number of halogens is 1. The first-order chi connectivity index (χ1) is 12.5. The van der Waals surface area contributed by atoms with Crippen molar-refractivity contribution in [1.82, 2.24) is 9.97 Å². The van der Waals surface area contributed by atoms with Gasteiger partial charge in [0, 0.05) is 17.8 Å². The van der Waals surface area contributed by atoms with Crippen LogP contribution in [0.25, 0.3) is 0 Å². The van der Waals surface area contributed by atoms with E-state index in [1.165, 1.54) is 24.3 Å². The molecule has 1 aromatic heterocycles. The Hall–Kier alpha value is -3.28. The first-order valence-electron chi connectivity index (χ1n) is 8.25. The van der Waals surface area contributed by atoms with E-state index in [9.17, 15) is 9.18 Å². The van der Waals surface area contributed by atoms with Crippen LogP contribution in [0.5, 0.6) is 0 Å². The van der Waals surface area contributed by atoms with Crippen LogP contribution in [0.3, 0.4) is 0 Å². The number of nitrogens with zero attached hydrogens (tertiary/aromatic N) is 2. The number of aryl methyl sites for hydroxylation is 1. The van der Waals surface area contributed by atoms with Gasteiger partial charge in [0.15, 0.2) is 0 Å². The van der Waals surface area contributed by atoms with E-state index < -0.39 is 0 Å². The normalized spacial score (nSPS) is 11.7. The van der Waals surface area contributed by atoms with Crippen molar-refractivity contribution >= 4 is 17.4 Å². The Morgan fingerprint density at radius 3 is 2.42 bits per heavy atom. The minimum atomic E-state index is -0.377. The zero-order chi connectivity index (χ0) is 18.5. The largest absolute Gasteiger partial charge is 0.363 e. The van der Waals surface area contributed by atoms with Crippen molar-refractivity contribution < 1.29 is 9.18 Å². The molecule has 0 saturated carbocycles. The van der Waals surface area contributed by atoms with Gasteiger partial charge in [-0.15, -0.1) is 0 Å². The number of amides is 1. The molecule has 1 amide bonds. The average Bonchev–Trinajstić information content (AvgIpc) is 2.64. The first kappa shape index (κ1) is 17.5. The van der Waals surface area contributed by atoms with E-state index >= 15 is 0 Å². The van der Waals surface area contributed by atoms with Crippen LogP contribution in [-0.4, -0.2) is 15.9 Å². The third kappa shape index (κ3) is 4.42. The monoisotopic (exact) mass is 350 g/mol. The summed E-state index contributed by atoms with van der Waals surface area (Å²) < 4.78 is 13.0. The maximum atomic E-state index is 13.0. The van der Waals surface area contributed by atoms with Gasteiger partial charge in [0.05, 0.1) is 0 Å². The van der Waals surface area contributed by atoms with Gasteiger partial charge in [-0.3, -0.25) is 4.79 Å². The van der Waals surface area contributed by atoms with Gasteiger partial charge in [-0.05, 0) is 43.7 Å². The molecular weight excluding hydrogens is 331 g/mol. The van der Waals surface area contributed by atoms with Gasteiger partial charge in [-0.1, -0.05) is 30.3 Å². The lowest BCUT2D eigenvalue weighted by Crippen LogP contribution is -2.16. The van der Waals surface area contributed by atoms with E-state index in [0.29, 0.717) is 17.3 Å². The molecular formula is C20H19FN4O. The van der Waals surface area contributed by atoms with Gasteiger partial charge in [0.1, 0.15) is 23.2 Å². The van der Waals surface area contributed by atoms with Gasteiger partial charge in [-0.2, -0.15) is 0 Å². The molecule has 3 aromatic rings. The third-order valence-electron chi connectivity index (χ3n) is 3.84. The summed E-state index contributed by atoms with van der Waals surface area (Å²) in [6.45, 7) is 3.75. The maximum absolute atomic E-state index is 13.0. The highest BCUT2D eigenvalue weighted by Crippen LogP contribution is 2.18. The van der Waals surface area contributed by atoms with Crippen LogP contribution in [0.15, 0.2) is 60.7 Å². The third-order valence-corrected chi connectivity index (χ3v) is 3.84. The van der Waals surface area contributed by atoms with E-state index in [-0.39, 0.29) is 23.5 Å². The molecule has 1 unspecified atom stereocenters. The highest BCUT2D eigenvalue weighted by molar-refractivity contribution is 6.03. The molecule has 0 aliphatic heterocycles. The fraction of sp³-hybridized carbons (Fsp3) is 0.150. The molecule has 2 aromatic carbocycles. The van der Waals surface area contributed by atoms with Crippen LogP contribution >= 0.6 is 0 Å². The Labute approximate surface area is 151 Å². The number of carbonyl (C=O) groups is 1. The molecule has 132 valence electrons. The molecule has 0 saturated heterocycles. The summed E-state index contributed by atoms with van der Waals surface area (Å²) in [7, 11) is 0. The van der Waals surface area contributed by atoms with Crippen molar-refractivity contribution in [3.8, 4) is 0 Å². The Morgan fingerprint density at radius 1 is 1.04 bits per heavy atom. The summed E-state index contributed by atoms with van der Waals surface area (Å²) in [5.41, 5.74) is 1.85. The van der Waals surface area contributed by atoms with Gasteiger partial charge in [-0.25, -0.2) is 14.4 Å². The lowest BCUT2D eigenvalue weighted by atomic mass is 10.1. The molecule has 0 aliphatic carbocycles. The predicted octanol–water partition coefficient (Wildman–Crippen LogP) is 4.35. The second kappa shape index (κ2) is 7.74. The lowest BCUT2D eigenvalue weighted by Gasteiger charge is -2.16. The van der Waals surface area contributed by atoms with E-state index in [0.717, 1.165) is 5.56 Å². The molecule has 0 bridgehead atoms. The van der Waals surface area contributed by atoms with E-state index in [4.69, 9.17) is 0 Å². The summed E-state index contributed by atoms with van der Waals surface area (Å²) >= 11 is 0. The Bertz CT molecular complexity index is 897. The molecule has 0 aliphatic rings. The van der Waals surface area contributed by atoms with Crippen molar-refractivity contribution in [1.29, 1.82) is 0 Å². The van der Waals surface area contributed by atoms with Crippen molar-refractivity contribution in [2.75, 3.05) is 10.6 Å². The van der Waals surface area contributed by atoms with Crippen molar-refractivity contribution in [3.63, 3.8) is 0 Å². The van der Waals surface area contributed by atoms with Crippen LogP contribution in [0.4, 0.5) is 15.9 Å². The van der Waals surface area contributed by atoms with Crippen molar-refractivity contribution in [2.24, 2.45) is 0 Å². The summed E-state index contributed by atoms with van der Waals surface area (Å²) in [5, 5.41) is 5.99. The Balaban J connectivity index is 1.76. The number of aromatic nitrogens is 2. The quantitative estimate of drug-likeness (QED) is 0.718. The van der Waals surface area contributed by atoms with Crippen LogP contribution < -0.4 is 10.6 Å². The molecule has 1 heterocycles. The molecule has 0 spiro atoms. The number of hydrogen-bond acceptors (Lipinski definition) is 4. The molecule has 1 atom stereocenters. The van der Waals surface area contributed by atoms with Gasteiger partial charge < -0.3 is 10.6 Å². The highest BCUT2D eigenvalue weighted by atomic mass is 19.1. The summed E-state index contributed by atoms with van der Waals surface area (Å²) in [6.07, 6.45) is 0. The van der Waals surface area contributed by atoms with Gasteiger partial charge in [0.2, 0.25) is 0 Å². The van der Waals surface area contributed by atoms with Crippen LogP contribution in [0.2, 0.25) is 0 Å². The molecule has 26 heavy (non-hydrogen) atoms. The second-order valence-corrected chi connectivity index (χ2v) is 5.92. The van der Waals surface area contributed by atoms with Gasteiger partial charge in [0.25, 0.3) is 5.91 Å². The summed E-state index contributed by atoms with van der Waals surface area (Å²) in [5.74, 6) is 0.317. The Morgan fingerprint density at radius 2 is 1.73 bits per heavy atom. The fourth-order valence-electron chi connectivity index (χ4n) is 2.53. The zero-order valence-electron chi connectivity index (χ0n) is 14.5. The highest BCUT2D eigenvalue weighted by Gasteiger charge is 2.13. The molecule has 3 rings (SSSR count). The van der Waals surface area contributed by atoms with Crippen LogP contribution in [0.1, 0.15) is 34.8 Å². The van der Waals surface area contributed by atoms with E-state index in [2.05, 4.69) is 20.6 Å². The van der Waals surface area contributed by atoms with Crippen LogP contribution in [0, 0.1) is 12.7 Å². The molecule has 0 radical (unpaired) electrons. The number of carbonyl (C=O) groups excluding carboxylic acids is 1. The van der Waals surface area contributed by atoms with Crippen molar-refractivity contribution in [2.45, 2.75) is 19.9 Å². The lowest BCUT2D eigenvalue weighted by molar-refractivity contribution is 0.102. The molecule has 5 nitrogen and oxygen atoms in total. The second-order valence-electron chi connectivity index (χ2n) is 5.92. The zero-order valence-corrected chi connectivity index (χ0v) is 14.5. The molecule has 6 heteroatoms. The Kier molecular flexibility index (Phi) is 5.22. The fourth-order valence-corrected chi connectivity index (χ4v) is 2.53. The summed E-state index contributed by atoms with van der Waals surface area (Å²) in [4.78, 5) is 21.0. The first-order valence-corrected chi connectivity index (χ1v) is 8.25.